The van der Waals surface area contributed by atoms with Gasteiger partial charge in [0.1, 0.15) is 11.3 Å². The van der Waals surface area contributed by atoms with Gasteiger partial charge in [0.05, 0.1) is 0 Å². The number of carbonyl (C=O) groups excluding carboxylic acids is 2. The van der Waals surface area contributed by atoms with E-state index < -0.39 is 5.60 Å². The van der Waals surface area contributed by atoms with Crippen LogP contribution < -0.4 is 5.32 Å². The van der Waals surface area contributed by atoms with Gasteiger partial charge in [-0.25, -0.2) is 4.79 Å². The van der Waals surface area contributed by atoms with Crippen LogP contribution in [0, 0.1) is 0 Å². The summed E-state index contributed by atoms with van der Waals surface area (Å²) in [7, 11) is 0. The molecule has 7 nitrogen and oxygen atoms in total. The van der Waals surface area contributed by atoms with Crippen molar-refractivity contribution in [1.29, 1.82) is 0 Å². The van der Waals surface area contributed by atoms with Gasteiger partial charge in [-0.3, -0.25) is 4.79 Å². The van der Waals surface area contributed by atoms with E-state index in [4.69, 9.17) is 4.74 Å². The molecule has 2 saturated heterocycles. The number of nitrogens with one attached hydrogen (secondary N) is 2. The first-order valence-corrected chi connectivity index (χ1v) is 10.9. The van der Waals surface area contributed by atoms with Crippen molar-refractivity contribution < 1.29 is 14.3 Å². The molecule has 0 spiro atoms. The predicted molar refractivity (Wildman–Crippen MR) is 117 cm³/mol. The van der Waals surface area contributed by atoms with E-state index in [-0.39, 0.29) is 12.0 Å². The summed E-state index contributed by atoms with van der Waals surface area (Å²) < 4.78 is 5.49. The van der Waals surface area contributed by atoms with Gasteiger partial charge in [-0.2, -0.15) is 0 Å². The van der Waals surface area contributed by atoms with Crippen LogP contribution in [0.4, 0.5) is 4.79 Å². The molecule has 0 atom stereocenters. The van der Waals surface area contributed by atoms with E-state index in [2.05, 4.69) is 28.5 Å². The van der Waals surface area contributed by atoms with E-state index in [1.165, 1.54) is 5.56 Å². The highest BCUT2D eigenvalue weighted by Gasteiger charge is 2.28. The van der Waals surface area contributed by atoms with Gasteiger partial charge in [0.2, 0.25) is 0 Å². The molecule has 162 valence electrons. The summed E-state index contributed by atoms with van der Waals surface area (Å²) in [6.07, 6.45) is 1.60. The van der Waals surface area contributed by atoms with E-state index in [1.54, 1.807) is 4.90 Å². The number of carbonyl (C=O) groups is 2. The van der Waals surface area contributed by atoms with Crippen LogP contribution in [0.5, 0.6) is 0 Å². The number of amides is 2. The normalized spacial score (nSPS) is 18.6. The number of fused-ring (bicyclic) bond motifs is 1. The summed E-state index contributed by atoms with van der Waals surface area (Å²) in [5.41, 5.74) is 2.45. The van der Waals surface area contributed by atoms with Crippen molar-refractivity contribution in [3.63, 3.8) is 0 Å². The highest BCUT2D eigenvalue weighted by atomic mass is 16.6. The molecule has 3 heterocycles. The number of likely N-dealkylation sites (tertiary alicyclic amines) is 1. The van der Waals surface area contributed by atoms with Crippen molar-refractivity contribution in [3.8, 4) is 0 Å². The molecule has 30 heavy (non-hydrogen) atoms. The van der Waals surface area contributed by atoms with Crippen LogP contribution in [-0.4, -0.2) is 71.7 Å². The van der Waals surface area contributed by atoms with Crippen molar-refractivity contribution in [2.75, 3.05) is 39.3 Å². The molecule has 4 rings (SSSR count). The van der Waals surface area contributed by atoms with Crippen LogP contribution in [0.2, 0.25) is 0 Å². The van der Waals surface area contributed by atoms with Crippen LogP contribution >= 0.6 is 0 Å². The number of ether oxygens (including phenoxy) is 1. The molecule has 0 radical (unpaired) electrons. The Labute approximate surface area is 177 Å². The number of H-pyrrole nitrogens is 1. The van der Waals surface area contributed by atoms with Gasteiger partial charge >= 0.3 is 6.09 Å². The number of nitrogens with zero attached hydrogens (tertiary/aromatic N) is 2. The van der Waals surface area contributed by atoms with Crippen molar-refractivity contribution in [3.05, 3.63) is 35.5 Å². The summed E-state index contributed by atoms with van der Waals surface area (Å²) in [6, 6.07) is 8.37. The Bertz CT molecular complexity index is 916. The lowest BCUT2D eigenvalue weighted by Crippen LogP contribution is -2.46. The standard InChI is InChI=1S/C23H32N4O3/c1-23(2,3)30-22(29)27-10-6-16(7-11-27)17-4-5-18-15-20(25-19(18)14-17)21(28)26-12-8-24-9-13-26/h4-5,14-16,24-25H,6-13H2,1-3H3. The van der Waals surface area contributed by atoms with Crippen LogP contribution in [0.15, 0.2) is 24.3 Å². The molecular weight excluding hydrogens is 380 g/mol. The van der Waals surface area contributed by atoms with Crippen molar-refractivity contribution in [2.45, 2.75) is 45.1 Å². The molecular formula is C23H32N4O3. The first-order valence-electron chi connectivity index (χ1n) is 10.9. The third-order valence-electron chi connectivity index (χ3n) is 5.90. The monoisotopic (exact) mass is 412 g/mol. The zero-order valence-corrected chi connectivity index (χ0v) is 18.2. The summed E-state index contributed by atoms with van der Waals surface area (Å²) in [6.45, 7) is 10.3. The molecule has 2 fully saturated rings. The lowest BCUT2D eigenvalue weighted by molar-refractivity contribution is 0.0204. The van der Waals surface area contributed by atoms with Crippen LogP contribution in [0.3, 0.4) is 0 Å². The predicted octanol–water partition coefficient (Wildman–Crippen LogP) is 3.33. The van der Waals surface area contributed by atoms with Gasteiger partial charge in [-0.1, -0.05) is 12.1 Å². The van der Waals surface area contributed by atoms with E-state index >= 15 is 0 Å². The fourth-order valence-corrected chi connectivity index (χ4v) is 4.27. The smallest absolute Gasteiger partial charge is 0.410 e. The third-order valence-corrected chi connectivity index (χ3v) is 5.90. The second-order valence-corrected chi connectivity index (χ2v) is 9.31. The molecule has 0 bridgehead atoms. The highest BCUT2D eigenvalue weighted by molar-refractivity contribution is 5.98. The van der Waals surface area contributed by atoms with Crippen molar-refractivity contribution in [2.24, 2.45) is 0 Å². The minimum absolute atomic E-state index is 0.0694. The quantitative estimate of drug-likeness (QED) is 0.793. The molecule has 0 aliphatic carbocycles. The number of piperazine rings is 1. The molecule has 0 saturated carbocycles. The molecule has 1 aromatic carbocycles. The number of aromatic nitrogens is 1. The lowest BCUT2D eigenvalue weighted by Gasteiger charge is -2.33. The van der Waals surface area contributed by atoms with E-state index in [9.17, 15) is 9.59 Å². The molecule has 7 heteroatoms. The second-order valence-electron chi connectivity index (χ2n) is 9.31. The summed E-state index contributed by atoms with van der Waals surface area (Å²) in [5.74, 6) is 0.476. The number of hydrogen-bond donors (Lipinski definition) is 2. The topological polar surface area (TPSA) is 77.7 Å². The molecule has 2 aromatic rings. The van der Waals surface area contributed by atoms with Crippen LogP contribution in [0.25, 0.3) is 10.9 Å². The van der Waals surface area contributed by atoms with Crippen LogP contribution in [-0.2, 0) is 4.74 Å². The third kappa shape index (κ3) is 4.61. The summed E-state index contributed by atoms with van der Waals surface area (Å²) >= 11 is 0. The first kappa shape index (κ1) is 20.7. The molecule has 2 aliphatic heterocycles. The second kappa shape index (κ2) is 8.30. The number of piperidine rings is 1. The van der Waals surface area contributed by atoms with Gasteiger partial charge in [-0.15, -0.1) is 0 Å². The average molecular weight is 413 g/mol. The number of aromatic amines is 1. The SMILES string of the molecule is CC(C)(C)OC(=O)N1CCC(c2ccc3cc(C(=O)N4CCNCC4)[nH]c3c2)CC1. The zero-order valence-electron chi connectivity index (χ0n) is 18.2. The largest absolute Gasteiger partial charge is 0.444 e. The van der Waals surface area contributed by atoms with Crippen molar-refractivity contribution >= 4 is 22.9 Å². The molecule has 2 aliphatic rings. The van der Waals surface area contributed by atoms with Gasteiger partial charge in [0.25, 0.3) is 5.91 Å². The molecule has 2 N–H and O–H groups in total. The fourth-order valence-electron chi connectivity index (χ4n) is 4.27. The van der Waals surface area contributed by atoms with E-state index in [0.29, 0.717) is 24.7 Å². The van der Waals surface area contributed by atoms with E-state index in [1.807, 2.05) is 31.7 Å². The highest BCUT2D eigenvalue weighted by Crippen LogP contribution is 2.31. The molecule has 2 amide bonds. The Morgan fingerprint density at radius 3 is 2.37 bits per heavy atom. The van der Waals surface area contributed by atoms with E-state index in [0.717, 1.165) is 49.9 Å². The van der Waals surface area contributed by atoms with Gasteiger partial charge in [0, 0.05) is 50.2 Å². The fraction of sp³-hybridized carbons (Fsp3) is 0.565. The minimum Gasteiger partial charge on any atom is -0.444 e. The van der Waals surface area contributed by atoms with Gasteiger partial charge < -0.3 is 24.8 Å². The number of benzene rings is 1. The summed E-state index contributed by atoms with van der Waals surface area (Å²) in [4.78, 5) is 32.1. The zero-order chi connectivity index (χ0) is 21.3. The lowest BCUT2D eigenvalue weighted by atomic mass is 9.89. The molecule has 0 unspecified atom stereocenters. The Morgan fingerprint density at radius 2 is 1.70 bits per heavy atom. The maximum atomic E-state index is 12.8. The number of hydrogen-bond acceptors (Lipinski definition) is 4. The summed E-state index contributed by atoms with van der Waals surface area (Å²) in [5, 5.41) is 4.33. The first-order chi connectivity index (χ1) is 14.3. The Morgan fingerprint density at radius 1 is 1.00 bits per heavy atom. The molecule has 1 aromatic heterocycles. The Hall–Kier alpha value is -2.54. The van der Waals surface area contributed by atoms with Gasteiger partial charge in [0.15, 0.2) is 0 Å². The van der Waals surface area contributed by atoms with Crippen LogP contribution in [0.1, 0.15) is 55.6 Å². The minimum atomic E-state index is -0.466. The maximum Gasteiger partial charge on any atom is 0.410 e. The van der Waals surface area contributed by atoms with Gasteiger partial charge in [-0.05, 0) is 57.2 Å². The Balaban J connectivity index is 1.42. The Kier molecular flexibility index (Phi) is 5.73. The maximum absolute atomic E-state index is 12.8. The average Bonchev–Trinajstić information content (AvgIpc) is 3.16. The van der Waals surface area contributed by atoms with Crippen molar-refractivity contribution in [1.82, 2.24) is 20.1 Å². The number of rotatable bonds is 2.